The van der Waals surface area contributed by atoms with Gasteiger partial charge < -0.3 is 10.2 Å². The molecule has 1 N–H and O–H groups in total. The van der Waals surface area contributed by atoms with Gasteiger partial charge in [-0.3, -0.25) is 0 Å². The average molecular weight is 353 g/mol. The number of hydrogen-bond donors (Lipinski definition) is 1. The van der Waals surface area contributed by atoms with E-state index in [0.717, 1.165) is 12.5 Å². The molecule has 0 spiro atoms. The Bertz CT molecular complexity index is 458. The van der Waals surface area contributed by atoms with Crippen LogP contribution < -0.4 is 5.32 Å². The average Bonchev–Trinajstić information content (AvgIpc) is 2.37. The number of halogens is 1. The topological polar surface area (TPSA) is 15.3 Å². The van der Waals surface area contributed by atoms with E-state index < -0.39 is 0 Å². The molecule has 0 amide bonds. The van der Waals surface area contributed by atoms with E-state index in [-0.39, 0.29) is 0 Å². The molecule has 2 atom stereocenters. The van der Waals surface area contributed by atoms with Gasteiger partial charge in [0, 0.05) is 23.6 Å². The quantitative estimate of drug-likeness (QED) is 0.849. The summed E-state index contributed by atoms with van der Waals surface area (Å²) in [5.74, 6) is 0.746. The van der Waals surface area contributed by atoms with Crippen molar-refractivity contribution in [2.75, 3.05) is 20.6 Å². The predicted molar refractivity (Wildman–Crippen MR) is 94.4 cm³/mol. The minimum atomic E-state index is 0.411. The summed E-state index contributed by atoms with van der Waals surface area (Å²) in [7, 11) is 4.37. The Labute approximate surface area is 138 Å². The molecule has 0 radical (unpaired) electrons. The van der Waals surface area contributed by atoms with Gasteiger partial charge >= 0.3 is 0 Å². The smallest absolute Gasteiger partial charge is 0.0231 e. The predicted octanol–water partition coefficient (Wildman–Crippen LogP) is 4.30. The van der Waals surface area contributed by atoms with Crippen molar-refractivity contribution in [3.05, 3.63) is 34.3 Å². The molecule has 2 unspecified atom stereocenters. The van der Waals surface area contributed by atoms with Crippen molar-refractivity contribution in [2.45, 2.75) is 45.7 Å². The highest BCUT2D eigenvalue weighted by Crippen LogP contribution is 2.39. The molecule has 1 aliphatic carbocycles. The molecule has 0 heterocycles. The molecule has 2 nitrogen and oxygen atoms in total. The molecule has 118 valence electrons. The van der Waals surface area contributed by atoms with E-state index in [9.17, 15) is 0 Å². The molecule has 1 aliphatic rings. The van der Waals surface area contributed by atoms with Crippen molar-refractivity contribution < 1.29 is 0 Å². The third-order valence-electron chi connectivity index (χ3n) is 4.91. The summed E-state index contributed by atoms with van der Waals surface area (Å²) in [6, 6.07) is 9.26. The summed E-state index contributed by atoms with van der Waals surface area (Å²) in [6.45, 7) is 7.01. The van der Waals surface area contributed by atoms with Crippen LogP contribution in [0.1, 0.15) is 38.7 Å². The Balaban J connectivity index is 1.96. The van der Waals surface area contributed by atoms with Crippen LogP contribution in [-0.2, 0) is 6.54 Å². The highest BCUT2D eigenvalue weighted by molar-refractivity contribution is 9.10. The molecule has 1 aromatic rings. The third kappa shape index (κ3) is 4.54. The zero-order valence-electron chi connectivity index (χ0n) is 13.8. The first-order chi connectivity index (χ1) is 9.92. The van der Waals surface area contributed by atoms with Crippen molar-refractivity contribution in [3.63, 3.8) is 0 Å². The maximum Gasteiger partial charge on any atom is 0.0231 e. The Morgan fingerprint density at radius 2 is 2.14 bits per heavy atom. The highest BCUT2D eigenvalue weighted by atomic mass is 79.9. The van der Waals surface area contributed by atoms with Gasteiger partial charge in [-0.1, -0.05) is 48.3 Å². The fourth-order valence-electron chi connectivity index (χ4n) is 4.02. The SMILES string of the molecule is CNC1C(CN(C)Cc2cccc(Br)c2)CCCC1(C)C. The Morgan fingerprint density at radius 3 is 2.81 bits per heavy atom. The fourth-order valence-corrected chi connectivity index (χ4v) is 4.46. The number of rotatable bonds is 5. The van der Waals surface area contributed by atoms with Crippen LogP contribution in [0, 0.1) is 11.3 Å². The van der Waals surface area contributed by atoms with Gasteiger partial charge in [-0.05, 0) is 56.0 Å². The van der Waals surface area contributed by atoms with Gasteiger partial charge in [0.05, 0.1) is 0 Å². The minimum absolute atomic E-state index is 0.411. The standard InChI is InChI=1S/C18H29BrN2/c1-18(2)10-6-8-15(17(18)20-3)13-21(4)12-14-7-5-9-16(19)11-14/h5,7,9,11,15,17,20H,6,8,10,12-13H2,1-4H3. The van der Waals surface area contributed by atoms with Gasteiger partial charge in [-0.2, -0.15) is 0 Å². The summed E-state index contributed by atoms with van der Waals surface area (Å²) in [4.78, 5) is 2.47. The van der Waals surface area contributed by atoms with Gasteiger partial charge in [0.2, 0.25) is 0 Å². The maximum atomic E-state index is 3.59. The summed E-state index contributed by atoms with van der Waals surface area (Å²) in [5, 5.41) is 3.59. The van der Waals surface area contributed by atoms with E-state index in [1.165, 1.54) is 35.8 Å². The summed E-state index contributed by atoms with van der Waals surface area (Å²) in [6.07, 6.45) is 4.04. The third-order valence-corrected chi connectivity index (χ3v) is 5.40. The van der Waals surface area contributed by atoms with Gasteiger partial charge in [-0.25, -0.2) is 0 Å². The molecule has 1 fully saturated rings. The van der Waals surface area contributed by atoms with Crippen LogP contribution in [0.25, 0.3) is 0 Å². The van der Waals surface area contributed by atoms with Crippen LogP contribution in [0.15, 0.2) is 28.7 Å². The van der Waals surface area contributed by atoms with Crippen LogP contribution in [-0.4, -0.2) is 31.6 Å². The first kappa shape index (κ1) is 17.0. The molecule has 2 rings (SSSR count). The first-order valence-electron chi connectivity index (χ1n) is 8.02. The zero-order chi connectivity index (χ0) is 15.5. The van der Waals surface area contributed by atoms with E-state index >= 15 is 0 Å². The molecule has 1 aromatic carbocycles. The number of nitrogens with one attached hydrogen (secondary N) is 1. The second-order valence-electron chi connectivity index (χ2n) is 7.23. The van der Waals surface area contributed by atoms with E-state index in [2.05, 4.69) is 78.4 Å². The van der Waals surface area contributed by atoms with Crippen LogP contribution in [0.4, 0.5) is 0 Å². The normalized spacial score (nSPS) is 25.2. The van der Waals surface area contributed by atoms with Crippen molar-refractivity contribution in [3.8, 4) is 0 Å². The van der Waals surface area contributed by atoms with Crippen LogP contribution in [0.3, 0.4) is 0 Å². The van der Waals surface area contributed by atoms with Crippen molar-refractivity contribution in [2.24, 2.45) is 11.3 Å². The van der Waals surface area contributed by atoms with Crippen LogP contribution in [0.5, 0.6) is 0 Å². The molecule has 0 aliphatic heterocycles. The van der Waals surface area contributed by atoms with Crippen LogP contribution in [0.2, 0.25) is 0 Å². The molecule has 21 heavy (non-hydrogen) atoms. The van der Waals surface area contributed by atoms with Crippen molar-refractivity contribution >= 4 is 15.9 Å². The van der Waals surface area contributed by atoms with E-state index in [4.69, 9.17) is 0 Å². The van der Waals surface area contributed by atoms with E-state index in [1.807, 2.05) is 0 Å². The monoisotopic (exact) mass is 352 g/mol. The van der Waals surface area contributed by atoms with Gasteiger partial charge in [0.15, 0.2) is 0 Å². The van der Waals surface area contributed by atoms with Gasteiger partial charge in [-0.15, -0.1) is 0 Å². The summed E-state index contributed by atoms with van der Waals surface area (Å²) < 4.78 is 1.17. The molecule has 3 heteroatoms. The number of hydrogen-bond acceptors (Lipinski definition) is 2. The highest BCUT2D eigenvalue weighted by Gasteiger charge is 2.38. The second-order valence-corrected chi connectivity index (χ2v) is 8.15. The molecule has 0 aromatic heterocycles. The Kier molecular flexibility index (Phi) is 5.87. The van der Waals surface area contributed by atoms with E-state index in [0.29, 0.717) is 11.5 Å². The Morgan fingerprint density at radius 1 is 1.38 bits per heavy atom. The fraction of sp³-hybridized carbons (Fsp3) is 0.667. The van der Waals surface area contributed by atoms with Crippen LogP contribution >= 0.6 is 15.9 Å². The molecule has 0 bridgehead atoms. The molecule has 0 saturated heterocycles. The summed E-state index contributed by atoms with van der Waals surface area (Å²) >= 11 is 3.56. The van der Waals surface area contributed by atoms with Gasteiger partial charge in [0.25, 0.3) is 0 Å². The minimum Gasteiger partial charge on any atom is -0.316 e. The lowest BCUT2D eigenvalue weighted by molar-refractivity contribution is 0.0888. The number of benzene rings is 1. The van der Waals surface area contributed by atoms with Crippen molar-refractivity contribution in [1.82, 2.24) is 10.2 Å². The Hall–Kier alpha value is -0.380. The second kappa shape index (κ2) is 7.26. The maximum absolute atomic E-state index is 3.59. The first-order valence-corrected chi connectivity index (χ1v) is 8.82. The van der Waals surface area contributed by atoms with Gasteiger partial charge in [0.1, 0.15) is 0 Å². The zero-order valence-corrected chi connectivity index (χ0v) is 15.4. The number of nitrogens with zero attached hydrogens (tertiary/aromatic N) is 1. The largest absolute Gasteiger partial charge is 0.316 e. The molecule has 1 saturated carbocycles. The molecular weight excluding hydrogens is 324 g/mol. The lowest BCUT2D eigenvalue weighted by atomic mass is 9.68. The van der Waals surface area contributed by atoms with E-state index in [1.54, 1.807) is 0 Å². The van der Waals surface area contributed by atoms with Crippen molar-refractivity contribution in [1.29, 1.82) is 0 Å². The molecular formula is C18H29BrN2. The lowest BCUT2D eigenvalue weighted by Gasteiger charge is -2.45. The lowest BCUT2D eigenvalue weighted by Crippen LogP contribution is -2.51. The summed E-state index contributed by atoms with van der Waals surface area (Å²) in [5.41, 5.74) is 1.79.